The Hall–Kier alpha value is -4.79. The second-order valence-corrected chi connectivity index (χ2v) is 15.8. The highest BCUT2D eigenvalue weighted by Gasteiger charge is 2.29. The Balaban J connectivity index is 0.000000730. The van der Waals surface area contributed by atoms with Gasteiger partial charge in [0.05, 0.1) is 27.6 Å². The summed E-state index contributed by atoms with van der Waals surface area (Å²) in [5.74, 6) is 0.0314. The van der Waals surface area contributed by atoms with Gasteiger partial charge in [0.1, 0.15) is 5.75 Å². The monoisotopic (exact) mass is 773 g/mol. The molecule has 0 aliphatic carbocycles. The van der Waals surface area contributed by atoms with Gasteiger partial charge < -0.3 is 23.5 Å². The molecule has 0 fully saturated rings. The van der Waals surface area contributed by atoms with E-state index in [1.54, 1.807) is 27.7 Å². The summed E-state index contributed by atoms with van der Waals surface area (Å²) in [7, 11) is -8.80. The lowest BCUT2D eigenvalue weighted by Gasteiger charge is -2.20. The molecule has 0 spiro atoms. The second kappa shape index (κ2) is 18.0. The molecule has 4 aromatic carbocycles. The van der Waals surface area contributed by atoms with Crippen molar-refractivity contribution in [1.82, 2.24) is 4.90 Å². The summed E-state index contributed by atoms with van der Waals surface area (Å²) in [6.45, 7) is 11.9. The number of hydrogen-bond donors (Lipinski definition) is 1. The van der Waals surface area contributed by atoms with Crippen LogP contribution in [0.1, 0.15) is 40.0 Å². The number of ether oxygens (including phenoxy) is 1. The van der Waals surface area contributed by atoms with Crippen molar-refractivity contribution < 1.29 is 39.7 Å². The average molecular weight is 774 g/mol. The van der Waals surface area contributed by atoms with Gasteiger partial charge in [-0.2, -0.15) is 13.0 Å². The fourth-order valence-electron chi connectivity index (χ4n) is 6.14. The van der Waals surface area contributed by atoms with E-state index in [0.29, 0.717) is 46.3 Å². The predicted molar refractivity (Wildman–Crippen MR) is 212 cm³/mol. The van der Waals surface area contributed by atoms with Crippen LogP contribution < -0.4 is 14.2 Å². The summed E-state index contributed by atoms with van der Waals surface area (Å²) in [5, 5.41) is 0. The third-order valence-corrected chi connectivity index (χ3v) is 10.6. The van der Waals surface area contributed by atoms with Gasteiger partial charge in [0, 0.05) is 18.7 Å². The fourth-order valence-corrected chi connectivity index (χ4v) is 6.96. The van der Waals surface area contributed by atoms with E-state index in [1.165, 1.54) is 19.6 Å². The first-order valence-electron chi connectivity index (χ1n) is 18.0. The maximum Gasteiger partial charge on any atom is 0.374 e. The van der Waals surface area contributed by atoms with Crippen LogP contribution >= 0.6 is 0 Å². The number of aromatic nitrogens is 1. The normalized spacial score (nSPS) is 13.9. The smallest absolute Gasteiger partial charge is 0.374 e. The first-order valence-corrected chi connectivity index (χ1v) is 21.2. The van der Waals surface area contributed by atoms with Gasteiger partial charge in [-0.05, 0) is 72.1 Å². The van der Waals surface area contributed by atoms with Gasteiger partial charge in [0.15, 0.2) is 12.3 Å². The van der Waals surface area contributed by atoms with Gasteiger partial charge in [0.2, 0.25) is 11.5 Å². The number of hydrogen-bond acceptors (Lipinski definition) is 9. The lowest BCUT2D eigenvalue weighted by molar-refractivity contribution is -0.673. The van der Waals surface area contributed by atoms with Crippen LogP contribution in [-0.2, 0) is 26.8 Å². The van der Waals surface area contributed by atoms with E-state index in [2.05, 4.69) is 25.7 Å². The molecule has 0 amide bonds. The van der Waals surface area contributed by atoms with Crippen molar-refractivity contribution in [2.45, 2.75) is 40.7 Å². The lowest BCUT2D eigenvalue weighted by atomic mass is 10.0. The van der Waals surface area contributed by atoms with Crippen molar-refractivity contribution in [1.29, 1.82) is 0 Å². The Bertz CT molecular complexity index is 2310. The summed E-state index contributed by atoms with van der Waals surface area (Å²) >= 11 is 0. The van der Waals surface area contributed by atoms with Gasteiger partial charge in [0.25, 0.3) is 15.6 Å². The Labute approximate surface area is 318 Å². The number of nitrogens with zero attached hydrogens (tertiary/aromatic N) is 3. The second-order valence-electron chi connectivity index (χ2n) is 12.7. The van der Waals surface area contributed by atoms with E-state index in [0.717, 1.165) is 22.3 Å². The molecule has 0 saturated carbocycles. The van der Waals surface area contributed by atoms with E-state index in [9.17, 15) is 25.9 Å². The third-order valence-electron chi connectivity index (χ3n) is 9.18. The molecule has 13 heteroatoms. The zero-order chi connectivity index (χ0) is 38.9. The molecule has 54 heavy (non-hydrogen) atoms. The molecular formula is C41H47N3O8S2. The van der Waals surface area contributed by atoms with Crippen molar-refractivity contribution in [3.63, 3.8) is 0 Å². The number of fused-ring (bicyclic) bond motifs is 2. The quantitative estimate of drug-likeness (QED) is 0.0898. The molecule has 2 heterocycles. The molecule has 11 nitrogen and oxygen atoms in total. The lowest BCUT2D eigenvalue weighted by Crippen LogP contribution is -2.38. The van der Waals surface area contributed by atoms with Crippen LogP contribution in [0, 0.1) is 0 Å². The highest BCUT2D eigenvalue weighted by molar-refractivity contribution is 7.85. The summed E-state index contributed by atoms with van der Waals surface area (Å²) < 4.78 is 82.1. The van der Waals surface area contributed by atoms with Crippen LogP contribution in [0.2, 0.25) is 0 Å². The van der Waals surface area contributed by atoms with E-state index in [4.69, 9.17) is 9.15 Å². The molecular weight excluding hydrogens is 727 g/mol. The summed E-state index contributed by atoms with van der Waals surface area (Å²) in [6.07, 6.45) is 4.00. The number of oxazole rings is 1. The molecule has 6 rings (SSSR count). The molecule has 286 valence electrons. The minimum atomic E-state index is -4.52. The first kappa shape index (κ1) is 40.4. The number of allylic oxidation sites excluding steroid dienone is 2. The highest BCUT2D eigenvalue weighted by Crippen LogP contribution is 2.42. The van der Waals surface area contributed by atoms with Crippen molar-refractivity contribution in [2.24, 2.45) is 0 Å². The van der Waals surface area contributed by atoms with Gasteiger partial charge in [-0.3, -0.25) is 4.55 Å². The number of aryl methyl sites for hydroxylation is 1. The fraction of sp³-hybridized carbons (Fsp3) is 0.293. The molecule has 1 aliphatic rings. The highest BCUT2D eigenvalue weighted by atomic mass is 32.2. The molecule has 0 unspecified atom stereocenters. The molecule has 0 saturated heterocycles. The van der Waals surface area contributed by atoms with Gasteiger partial charge in [-0.15, -0.1) is 0 Å². The average Bonchev–Trinajstić information content (AvgIpc) is 3.69. The topological polar surface area (TPSA) is 144 Å². The van der Waals surface area contributed by atoms with Crippen LogP contribution in [0.25, 0.3) is 39.4 Å². The summed E-state index contributed by atoms with van der Waals surface area (Å²) in [5.41, 5.74) is 6.25. The molecule has 5 aromatic rings. The van der Waals surface area contributed by atoms with Crippen molar-refractivity contribution >= 4 is 43.1 Å². The van der Waals surface area contributed by atoms with Crippen LogP contribution in [0.5, 0.6) is 5.75 Å². The zero-order valence-electron chi connectivity index (χ0n) is 31.0. The van der Waals surface area contributed by atoms with E-state index in [-0.39, 0.29) is 13.1 Å². The SMILES string of the molecule is CCC(=Cc1oc2ccc(-c3ccccc3)cc2[n+]1CCS(=O)(=O)O)C=C1Oc2ccc(-c3ccccc3)cc2N1CCS(=O)(=O)[O-].CCN(CC)CC. The van der Waals surface area contributed by atoms with Crippen molar-refractivity contribution in [3.8, 4) is 28.0 Å². The zero-order valence-corrected chi connectivity index (χ0v) is 32.6. The maximum atomic E-state index is 11.8. The van der Waals surface area contributed by atoms with Crippen molar-refractivity contribution in [2.75, 3.05) is 42.6 Å². The van der Waals surface area contributed by atoms with Crippen LogP contribution in [0.3, 0.4) is 0 Å². The van der Waals surface area contributed by atoms with Gasteiger partial charge in [-0.25, -0.2) is 8.42 Å². The van der Waals surface area contributed by atoms with E-state index in [1.807, 2.05) is 97.9 Å². The number of benzene rings is 4. The molecule has 0 bridgehead atoms. The van der Waals surface area contributed by atoms with Gasteiger partial charge >= 0.3 is 5.89 Å². The largest absolute Gasteiger partial charge is 0.748 e. The third kappa shape index (κ3) is 10.7. The summed E-state index contributed by atoms with van der Waals surface area (Å²) in [6, 6.07) is 30.7. The van der Waals surface area contributed by atoms with Gasteiger partial charge in [-0.1, -0.05) is 100 Å². The molecule has 0 radical (unpaired) electrons. The molecule has 0 atom stereocenters. The minimum Gasteiger partial charge on any atom is -0.748 e. The van der Waals surface area contributed by atoms with Crippen LogP contribution in [0.15, 0.2) is 119 Å². The number of anilines is 1. The minimum absolute atomic E-state index is 0.0683. The maximum absolute atomic E-state index is 11.8. The molecule has 1 aliphatic heterocycles. The predicted octanol–water partition coefficient (Wildman–Crippen LogP) is 7.37. The Morgan fingerprint density at radius 3 is 1.93 bits per heavy atom. The molecule has 1 N–H and O–H groups in total. The Morgan fingerprint density at radius 1 is 0.796 bits per heavy atom. The first-order chi connectivity index (χ1) is 25.8. The summed E-state index contributed by atoms with van der Waals surface area (Å²) in [4.78, 5) is 4.04. The molecule has 1 aromatic heterocycles. The Kier molecular flexibility index (Phi) is 13.5. The number of rotatable bonds is 14. The Morgan fingerprint density at radius 2 is 1.39 bits per heavy atom. The van der Waals surface area contributed by atoms with E-state index < -0.39 is 31.7 Å². The van der Waals surface area contributed by atoms with Crippen LogP contribution in [0.4, 0.5) is 5.69 Å². The van der Waals surface area contributed by atoms with E-state index >= 15 is 0 Å². The standard InChI is InChI=1S/C35H32N2O8S2.C6H15N/c1-2-25(21-34-36(17-19-46(38,39)40)30-23-28(13-15-32(30)44-34)26-9-5-3-6-10-26)22-35-37(18-20-47(41,42)43)31-24-29(14-16-33(31)45-35)27-11-7-4-8-12-27;1-4-7(5-2)6-3/h3-16,21-24H,2,17-20H2,1H3,(H-,38,39,40,41,42,43);4-6H2,1-3H3. The van der Waals surface area contributed by atoms with Crippen molar-refractivity contribution in [3.05, 3.63) is 120 Å². The van der Waals surface area contributed by atoms with Crippen LogP contribution in [-0.4, -0.2) is 68.5 Å².